The van der Waals surface area contributed by atoms with Crippen LogP contribution in [0.25, 0.3) is 11.1 Å². The van der Waals surface area contributed by atoms with E-state index in [9.17, 15) is 22.8 Å². The molecule has 0 aliphatic rings. The Labute approximate surface area is 132 Å². The predicted molar refractivity (Wildman–Crippen MR) is 77.7 cm³/mol. The van der Waals surface area contributed by atoms with Gasteiger partial charge in [0, 0.05) is 18.4 Å². The van der Waals surface area contributed by atoms with E-state index in [1.807, 2.05) is 0 Å². The molecule has 3 aromatic rings. The molecule has 0 bridgehead atoms. The summed E-state index contributed by atoms with van der Waals surface area (Å²) in [5.74, 6) is -1.14. The Hall–Kier alpha value is -3.04. The topological polar surface area (TPSA) is 92.9 Å². The lowest BCUT2D eigenvalue weighted by Gasteiger charge is -2.05. The molecule has 2 aromatic heterocycles. The molecule has 2 N–H and O–H groups in total. The minimum atomic E-state index is -4.29. The average Bonchev–Trinajstić information content (AvgIpc) is 3.09. The molecule has 0 aliphatic heterocycles. The van der Waals surface area contributed by atoms with Gasteiger partial charge < -0.3 is 9.73 Å². The number of amides is 1. The Bertz CT molecular complexity index is 939. The average molecular weight is 340 g/mol. The number of anilines is 1. The van der Waals surface area contributed by atoms with Crippen LogP contribution in [0.1, 0.15) is 16.8 Å². The highest BCUT2D eigenvalue weighted by Crippen LogP contribution is 2.20. The molecule has 126 valence electrons. The molecule has 24 heavy (non-hydrogen) atoms. The zero-order valence-electron chi connectivity index (χ0n) is 12.1. The maximum absolute atomic E-state index is 12.2. The number of carbonyl (C=O) groups is 1. The van der Waals surface area contributed by atoms with Gasteiger partial charge in [0.05, 0.1) is 23.7 Å². The van der Waals surface area contributed by atoms with Crippen LogP contribution in [0.2, 0.25) is 0 Å². The van der Waals surface area contributed by atoms with Crippen molar-refractivity contribution in [3.8, 4) is 0 Å². The number of oxazole rings is 1. The summed E-state index contributed by atoms with van der Waals surface area (Å²) in [7, 11) is 0. The maximum atomic E-state index is 12.2. The number of aromatic amines is 1. The largest absolute Gasteiger partial charge is 0.417 e. The fraction of sp³-hybridized carbons (Fsp3) is 0.214. The van der Waals surface area contributed by atoms with Crippen molar-refractivity contribution < 1.29 is 22.4 Å². The number of rotatable bonds is 4. The smallest absolute Gasteiger partial charge is 0.408 e. The highest BCUT2D eigenvalue weighted by Gasteiger charge is 2.26. The number of nitrogens with zero attached hydrogens (tertiary/aromatic N) is 2. The number of fused-ring (bicyclic) bond motifs is 1. The fourth-order valence-electron chi connectivity index (χ4n) is 2.08. The minimum absolute atomic E-state index is 0.123. The molecule has 10 heteroatoms. The Kier molecular flexibility index (Phi) is 3.87. The number of nitrogens with one attached hydrogen (secondary N) is 2. The van der Waals surface area contributed by atoms with Gasteiger partial charge in [-0.05, 0) is 18.2 Å². The molecular weight excluding hydrogens is 329 g/mol. The Morgan fingerprint density at radius 3 is 2.92 bits per heavy atom. The van der Waals surface area contributed by atoms with Crippen molar-refractivity contribution in [2.75, 3.05) is 5.32 Å². The zero-order chi connectivity index (χ0) is 17.3. The first-order valence-corrected chi connectivity index (χ1v) is 6.84. The third-order valence-electron chi connectivity index (χ3n) is 3.20. The van der Waals surface area contributed by atoms with E-state index in [0.29, 0.717) is 16.8 Å². The fourth-order valence-corrected chi connectivity index (χ4v) is 2.08. The van der Waals surface area contributed by atoms with E-state index >= 15 is 0 Å². The van der Waals surface area contributed by atoms with Crippen molar-refractivity contribution in [1.82, 2.24) is 14.8 Å². The lowest BCUT2D eigenvalue weighted by molar-refractivity contribution is -0.137. The maximum Gasteiger partial charge on any atom is 0.417 e. The molecule has 1 aromatic carbocycles. The number of alkyl halides is 3. The number of benzene rings is 1. The molecule has 0 radical (unpaired) electrons. The van der Waals surface area contributed by atoms with Crippen molar-refractivity contribution in [2.24, 2.45) is 0 Å². The molecule has 0 fully saturated rings. The van der Waals surface area contributed by atoms with Crippen molar-refractivity contribution in [1.29, 1.82) is 0 Å². The molecule has 0 saturated carbocycles. The van der Waals surface area contributed by atoms with Gasteiger partial charge >= 0.3 is 11.9 Å². The van der Waals surface area contributed by atoms with Crippen molar-refractivity contribution in [3.05, 3.63) is 46.7 Å². The highest BCUT2D eigenvalue weighted by molar-refractivity contribution is 6.04. The van der Waals surface area contributed by atoms with Crippen LogP contribution in [0.4, 0.5) is 18.9 Å². The van der Waals surface area contributed by atoms with E-state index in [-0.39, 0.29) is 12.1 Å². The van der Waals surface area contributed by atoms with Gasteiger partial charge in [0.1, 0.15) is 0 Å². The monoisotopic (exact) mass is 340 g/mol. The highest BCUT2D eigenvalue weighted by atomic mass is 19.4. The minimum Gasteiger partial charge on any atom is -0.408 e. The standard InChI is InChI=1S/C14H11F3N4O3/c15-14(16,17)3-4-21-7-8(6-18-21)12(22)19-9-1-2-11-10(5-9)20-13(23)24-11/h1-2,5-7H,3-4H2,(H,19,22)(H,20,23). The first kappa shape index (κ1) is 15.8. The van der Waals surface area contributed by atoms with Crippen LogP contribution < -0.4 is 11.1 Å². The van der Waals surface area contributed by atoms with Crippen LogP contribution in [0, 0.1) is 0 Å². The number of aryl methyl sites for hydroxylation is 1. The molecule has 0 spiro atoms. The van der Waals surface area contributed by atoms with Gasteiger partial charge in [0.25, 0.3) is 5.91 Å². The third kappa shape index (κ3) is 3.65. The number of hydrogen-bond acceptors (Lipinski definition) is 4. The lowest BCUT2D eigenvalue weighted by Crippen LogP contribution is -2.13. The van der Waals surface area contributed by atoms with Crippen LogP contribution in [0.3, 0.4) is 0 Å². The van der Waals surface area contributed by atoms with Crippen molar-refractivity contribution in [2.45, 2.75) is 19.1 Å². The molecule has 0 atom stereocenters. The quantitative estimate of drug-likeness (QED) is 0.763. The van der Waals surface area contributed by atoms with E-state index in [4.69, 9.17) is 4.42 Å². The van der Waals surface area contributed by atoms with E-state index in [0.717, 1.165) is 4.68 Å². The lowest BCUT2D eigenvalue weighted by atomic mass is 10.2. The van der Waals surface area contributed by atoms with Gasteiger partial charge in [0.2, 0.25) is 0 Å². The molecule has 7 nitrogen and oxygen atoms in total. The number of carbonyl (C=O) groups excluding carboxylic acids is 1. The predicted octanol–water partition coefficient (Wildman–Crippen LogP) is 2.52. The van der Waals surface area contributed by atoms with Gasteiger partial charge in [0.15, 0.2) is 5.58 Å². The molecule has 3 rings (SSSR count). The molecule has 2 heterocycles. The Morgan fingerprint density at radius 2 is 2.17 bits per heavy atom. The van der Waals surface area contributed by atoms with E-state index < -0.39 is 24.3 Å². The SMILES string of the molecule is O=C(Nc1ccc2oc(=O)[nH]c2c1)c1cnn(CCC(F)(F)F)c1. The number of halogens is 3. The van der Waals surface area contributed by atoms with E-state index in [2.05, 4.69) is 15.4 Å². The van der Waals surface area contributed by atoms with Crippen molar-refractivity contribution in [3.63, 3.8) is 0 Å². The summed E-state index contributed by atoms with van der Waals surface area (Å²) in [5.41, 5.74) is 1.28. The second kappa shape index (κ2) is 5.87. The molecule has 0 saturated heterocycles. The van der Waals surface area contributed by atoms with E-state index in [1.54, 1.807) is 0 Å². The molecule has 0 aliphatic carbocycles. The summed E-state index contributed by atoms with van der Waals surface area (Å²) in [6.45, 7) is -0.362. The summed E-state index contributed by atoms with van der Waals surface area (Å²) < 4.78 is 42.4. The number of aromatic nitrogens is 3. The van der Waals surface area contributed by atoms with Gasteiger partial charge in [-0.1, -0.05) is 0 Å². The summed E-state index contributed by atoms with van der Waals surface area (Å²) >= 11 is 0. The van der Waals surface area contributed by atoms with E-state index in [1.165, 1.54) is 30.6 Å². The summed E-state index contributed by atoms with van der Waals surface area (Å²) in [6.07, 6.45) is -2.89. The summed E-state index contributed by atoms with van der Waals surface area (Å²) in [4.78, 5) is 25.6. The zero-order valence-corrected chi connectivity index (χ0v) is 12.1. The molecule has 0 unspecified atom stereocenters. The second-order valence-electron chi connectivity index (χ2n) is 5.04. The summed E-state index contributed by atoms with van der Waals surface area (Å²) in [6, 6.07) is 4.55. The number of hydrogen-bond donors (Lipinski definition) is 2. The first-order valence-electron chi connectivity index (χ1n) is 6.84. The normalized spacial score (nSPS) is 11.8. The Balaban J connectivity index is 1.69. The number of H-pyrrole nitrogens is 1. The second-order valence-corrected chi connectivity index (χ2v) is 5.04. The van der Waals surface area contributed by atoms with Gasteiger partial charge in [-0.3, -0.25) is 14.5 Å². The summed E-state index contributed by atoms with van der Waals surface area (Å²) in [5, 5.41) is 6.30. The Morgan fingerprint density at radius 1 is 1.38 bits per heavy atom. The van der Waals surface area contributed by atoms with Crippen molar-refractivity contribution >= 4 is 22.7 Å². The molecule has 1 amide bonds. The molecular formula is C14H11F3N4O3. The first-order chi connectivity index (χ1) is 11.3. The van der Waals surface area contributed by atoms with Gasteiger partial charge in [-0.15, -0.1) is 0 Å². The van der Waals surface area contributed by atoms with Crippen LogP contribution in [0.5, 0.6) is 0 Å². The van der Waals surface area contributed by atoms with Gasteiger partial charge in [-0.2, -0.15) is 18.3 Å². The van der Waals surface area contributed by atoms with Crippen LogP contribution in [-0.4, -0.2) is 26.8 Å². The van der Waals surface area contributed by atoms with Gasteiger partial charge in [-0.25, -0.2) is 4.79 Å². The van der Waals surface area contributed by atoms with Crippen LogP contribution in [0.15, 0.2) is 39.8 Å². The third-order valence-corrected chi connectivity index (χ3v) is 3.20. The van der Waals surface area contributed by atoms with Crippen LogP contribution >= 0.6 is 0 Å². The van der Waals surface area contributed by atoms with Crippen LogP contribution in [-0.2, 0) is 6.54 Å².